The molecule has 0 heterocycles. The number of nitrogens with zero attached hydrogens (tertiary/aromatic N) is 1. The number of methoxy groups -OCH3 is 1. The van der Waals surface area contributed by atoms with Crippen molar-refractivity contribution in [1.82, 2.24) is 4.90 Å². The summed E-state index contributed by atoms with van der Waals surface area (Å²) in [6.45, 7) is 7.20. The highest BCUT2D eigenvalue weighted by Crippen LogP contribution is 2.20. The van der Waals surface area contributed by atoms with Crippen LogP contribution in [0.25, 0.3) is 0 Å². The number of hydrogen-bond acceptors (Lipinski definition) is 3. The molecule has 1 aromatic carbocycles. The fourth-order valence-electron chi connectivity index (χ4n) is 2.70. The summed E-state index contributed by atoms with van der Waals surface area (Å²) in [5.74, 6) is 0. The first-order valence-corrected chi connectivity index (χ1v) is 8.24. The van der Waals surface area contributed by atoms with Gasteiger partial charge in [-0.3, -0.25) is 4.90 Å². The van der Waals surface area contributed by atoms with Crippen LogP contribution in [-0.4, -0.2) is 37.7 Å². The van der Waals surface area contributed by atoms with Crippen molar-refractivity contribution in [2.75, 3.05) is 26.8 Å². The van der Waals surface area contributed by atoms with Crippen molar-refractivity contribution >= 4 is 11.6 Å². The number of nitrogens with two attached hydrogens (primary N) is 1. The van der Waals surface area contributed by atoms with Gasteiger partial charge in [0.2, 0.25) is 0 Å². The van der Waals surface area contributed by atoms with E-state index in [1.54, 1.807) is 7.11 Å². The van der Waals surface area contributed by atoms with Crippen LogP contribution >= 0.6 is 11.6 Å². The molecule has 4 heteroatoms. The van der Waals surface area contributed by atoms with E-state index in [9.17, 15) is 0 Å². The molecule has 1 rings (SSSR count). The van der Waals surface area contributed by atoms with Crippen molar-refractivity contribution in [1.29, 1.82) is 0 Å². The molecule has 3 nitrogen and oxygen atoms in total. The van der Waals surface area contributed by atoms with Crippen molar-refractivity contribution in [3.8, 4) is 0 Å². The average molecular weight is 313 g/mol. The predicted molar refractivity (Wildman–Crippen MR) is 90.8 cm³/mol. The molecule has 0 aromatic heterocycles. The molecule has 0 bridgehead atoms. The van der Waals surface area contributed by atoms with E-state index in [0.29, 0.717) is 6.04 Å². The van der Waals surface area contributed by atoms with Crippen molar-refractivity contribution in [3.05, 3.63) is 34.9 Å². The van der Waals surface area contributed by atoms with Gasteiger partial charge < -0.3 is 10.5 Å². The molecule has 0 aliphatic rings. The summed E-state index contributed by atoms with van der Waals surface area (Å²) in [5.41, 5.74) is 7.42. The molecule has 0 radical (unpaired) electrons. The van der Waals surface area contributed by atoms with Crippen molar-refractivity contribution in [2.24, 2.45) is 5.73 Å². The van der Waals surface area contributed by atoms with E-state index >= 15 is 0 Å². The van der Waals surface area contributed by atoms with Crippen LogP contribution in [-0.2, 0) is 4.74 Å². The fraction of sp³-hybridized carbons (Fsp3) is 0.647. The molecule has 0 saturated heterocycles. The Morgan fingerprint density at radius 3 is 2.52 bits per heavy atom. The Labute approximate surface area is 134 Å². The minimum atomic E-state index is 0.0307. The van der Waals surface area contributed by atoms with Crippen LogP contribution in [0.2, 0.25) is 5.02 Å². The van der Waals surface area contributed by atoms with Gasteiger partial charge in [0, 0.05) is 37.3 Å². The molecule has 2 N–H and O–H groups in total. The first-order chi connectivity index (χ1) is 10.1. The molecule has 0 aliphatic carbocycles. The van der Waals surface area contributed by atoms with Gasteiger partial charge >= 0.3 is 0 Å². The van der Waals surface area contributed by atoms with Gasteiger partial charge in [-0.1, -0.05) is 37.6 Å². The standard InChI is InChI=1S/C17H29ClN2O/c1-4-16(5-2)20(11-12-21-3)10-9-17(19)14-7-6-8-15(18)13-14/h6-8,13,16-17H,4-5,9-12,19H2,1-3H3. The van der Waals surface area contributed by atoms with Gasteiger partial charge in [0.25, 0.3) is 0 Å². The van der Waals surface area contributed by atoms with Crippen LogP contribution in [0, 0.1) is 0 Å². The smallest absolute Gasteiger partial charge is 0.0589 e. The molecular weight excluding hydrogens is 284 g/mol. The SMILES string of the molecule is CCC(CC)N(CCOC)CCC(N)c1cccc(Cl)c1. The monoisotopic (exact) mass is 312 g/mol. The number of benzene rings is 1. The Bertz CT molecular complexity index is 396. The van der Waals surface area contributed by atoms with Crippen LogP contribution in [0.1, 0.15) is 44.7 Å². The van der Waals surface area contributed by atoms with E-state index in [4.69, 9.17) is 22.1 Å². The lowest BCUT2D eigenvalue weighted by atomic mass is 10.0. The molecule has 0 spiro atoms. The van der Waals surface area contributed by atoms with Gasteiger partial charge in [-0.15, -0.1) is 0 Å². The number of hydrogen-bond donors (Lipinski definition) is 1. The van der Waals surface area contributed by atoms with Gasteiger partial charge in [-0.25, -0.2) is 0 Å². The van der Waals surface area contributed by atoms with Crippen molar-refractivity contribution in [2.45, 2.75) is 45.2 Å². The zero-order valence-electron chi connectivity index (χ0n) is 13.5. The highest BCUT2D eigenvalue weighted by atomic mass is 35.5. The van der Waals surface area contributed by atoms with E-state index in [1.165, 1.54) is 0 Å². The summed E-state index contributed by atoms with van der Waals surface area (Å²) in [6, 6.07) is 8.49. The highest BCUT2D eigenvalue weighted by molar-refractivity contribution is 6.30. The van der Waals surface area contributed by atoms with Gasteiger partial charge in [-0.2, -0.15) is 0 Å². The molecule has 0 amide bonds. The molecule has 0 fully saturated rings. The molecule has 21 heavy (non-hydrogen) atoms. The van der Waals surface area contributed by atoms with E-state index in [0.717, 1.165) is 49.5 Å². The zero-order chi connectivity index (χ0) is 15.7. The van der Waals surface area contributed by atoms with Crippen LogP contribution in [0.3, 0.4) is 0 Å². The first-order valence-electron chi connectivity index (χ1n) is 7.86. The zero-order valence-corrected chi connectivity index (χ0v) is 14.3. The van der Waals surface area contributed by atoms with Crippen LogP contribution in [0.15, 0.2) is 24.3 Å². The second-order valence-electron chi connectivity index (χ2n) is 5.45. The Balaban J connectivity index is 2.58. The van der Waals surface area contributed by atoms with E-state index in [-0.39, 0.29) is 6.04 Å². The highest BCUT2D eigenvalue weighted by Gasteiger charge is 2.16. The lowest BCUT2D eigenvalue weighted by Gasteiger charge is -2.31. The first kappa shape index (κ1) is 18.4. The predicted octanol–water partition coefficient (Wildman–Crippen LogP) is 3.87. The molecule has 120 valence electrons. The summed E-state index contributed by atoms with van der Waals surface area (Å²) in [7, 11) is 1.75. The third kappa shape index (κ3) is 6.35. The lowest BCUT2D eigenvalue weighted by molar-refractivity contribution is 0.112. The van der Waals surface area contributed by atoms with Crippen molar-refractivity contribution in [3.63, 3.8) is 0 Å². The second-order valence-corrected chi connectivity index (χ2v) is 5.89. The maximum Gasteiger partial charge on any atom is 0.0589 e. The molecule has 0 saturated carbocycles. The van der Waals surface area contributed by atoms with Gasteiger partial charge in [0.1, 0.15) is 0 Å². The molecular formula is C17H29ClN2O. The summed E-state index contributed by atoms with van der Waals surface area (Å²) in [5, 5.41) is 0.749. The number of rotatable bonds is 10. The van der Waals surface area contributed by atoms with E-state index < -0.39 is 0 Å². The summed E-state index contributed by atoms with van der Waals surface area (Å²) < 4.78 is 5.23. The molecule has 0 aliphatic heterocycles. The van der Waals surface area contributed by atoms with E-state index in [2.05, 4.69) is 18.7 Å². The lowest BCUT2D eigenvalue weighted by Crippen LogP contribution is -2.38. The van der Waals surface area contributed by atoms with Crippen LogP contribution in [0.4, 0.5) is 0 Å². The van der Waals surface area contributed by atoms with Gasteiger partial charge in [0.15, 0.2) is 0 Å². The third-order valence-electron chi connectivity index (χ3n) is 4.05. The summed E-state index contributed by atoms with van der Waals surface area (Å²) in [4.78, 5) is 2.49. The summed E-state index contributed by atoms with van der Waals surface area (Å²) in [6.07, 6.45) is 3.25. The maximum absolute atomic E-state index is 6.31. The summed E-state index contributed by atoms with van der Waals surface area (Å²) >= 11 is 6.03. The fourth-order valence-corrected chi connectivity index (χ4v) is 2.90. The topological polar surface area (TPSA) is 38.5 Å². The molecule has 1 aromatic rings. The largest absolute Gasteiger partial charge is 0.383 e. The third-order valence-corrected chi connectivity index (χ3v) is 4.28. The van der Waals surface area contributed by atoms with Crippen LogP contribution in [0.5, 0.6) is 0 Å². The minimum Gasteiger partial charge on any atom is -0.383 e. The van der Waals surface area contributed by atoms with Gasteiger partial charge in [-0.05, 0) is 37.0 Å². The Morgan fingerprint density at radius 2 is 1.95 bits per heavy atom. The minimum absolute atomic E-state index is 0.0307. The van der Waals surface area contributed by atoms with Gasteiger partial charge in [0.05, 0.1) is 6.61 Å². The Hall–Kier alpha value is -0.610. The van der Waals surface area contributed by atoms with Crippen LogP contribution < -0.4 is 5.73 Å². The second kappa shape index (κ2) is 10.2. The maximum atomic E-state index is 6.31. The number of ether oxygens (including phenoxy) is 1. The molecule has 1 unspecified atom stereocenters. The van der Waals surface area contributed by atoms with E-state index in [1.807, 2.05) is 24.3 Å². The molecule has 1 atom stereocenters. The normalized spacial score (nSPS) is 13.1. The quantitative estimate of drug-likeness (QED) is 0.713. The Morgan fingerprint density at radius 1 is 1.24 bits per heavy atom. The average Bonchev–Trinajstić information content (AvgIpc) is 2.50. The number of halogens is 1. The Kier molecular flexibility index (Phi) is 8.93. The van der Waals surface area contributed by atoms with Crippen molar-refractivity contribution < 1.29 is 4.74 Å².